The average molecular weight is 163 g/mol. The van der Waals surface area contributed by atoms with Crippen LogP contribution in [0.3, 0.4) is 0 Å². The van der Waals surface area contributed by atoms with E-state index >= 15 is 0 Å². The first-order valence-electron chi connectivity index (χ1n) is 3.31. The van der Waals surface area contributed by atoms with Crippen LogP contribution in [-0.4, -0.2) is 0 Å². The Morgan fingerprint density at radius 2 is 2.09 bits per heavy atom. The van der Waals surface area contributed by atoms with E-state index < -0.39 is 0 Å². The molecule has 0 bridgehead atoms. The van der Waals surface area contributed by atoms with Crippen LogP contribution in [0.25, 0.3) is 0 Å². The summed E-state index contributed by atoms with van der Waals surface area (Å²) in [4.78, 5) is 3.06. The van der Waals surface area contributed by atoms with Crippen molar-refractivity contribution in [1.82, 2.24) is 4.83 Å². The number of hydrazine groups is 1. The molecular weight excluding hydrogens is 156 g/mol. The minimum atomic E-state index is 1.11. The highest BCUT2D eigenvalue weighted by Crippen LogP contribution is 2.17. The Morgan fingerprint density at radius 1 is 1.27 bits per heavy atom. The number of nitrogens with one attached hydrogen (secondary N) is 1. The van der Waals surface area contributed by atoms with Crippen LogP contribution in [0.5, 0.6) is 0 Å². The molecular formula is C8H7N2S. The average Bonchev–Trinajstić information content (AvgIpc) is 2.58. The van der Waals surface area contributed by atoms with Gasteiger partial charge in [-0.1, -0.05) is 18.2 Å². The van der Waals surface area contributed by atoms with Crippen LogP contribution in [0.1, 0.15) is 0 Å². The zero-order valence-electron chi connectivity index (χ0n) is 5.82. The molecule has 0 unspecified atom stereocenters. The first-order chi connectivity index (χ1) is 5.47. The Labute approximate surface area is 70.0 Å². The number of hydrogen-bond donors (Lipinski definition) is 1. The van der Waals surface area contributed by atoms with E-state index in [0.717, 1.165) is 5.69 Å². The molecule has 0 aliphatic carbocycles. The van der Waals surface area contributed by atoms with Crippen molar-refractivity contribution in [2.45, 2.75) is 0 Å². The largest absolute Gasteiger partial charge is 0.264 e. The molecule has 55 valence electrons. The van der Waals surface area contributed by atoms with Gasteiger partial charge in [0.1, 0.15) is 0 Å². The maximum absolute atomic E-state index is 3.06. The van der Waals surface area contributed by atoms with Gasteiger partial charge in [0.05, 0.1) is 11.9 Å². The van der Waals surface area contributed by atoms with Gasteiger partial charge < -0.3 is 0 Å². The Morgan fingerprint density at radius 3 is 2.73 bits per heavy atom. The predicted molar refractivity (Wildman–Crippen MR) is 47.5 cm³/mol. The van der Waals surface area contributed by atoms with E-state index in [0.29, 0.717) is 0 Å². The summed E-state index contributed by atoms with van der Waals surface area (Å²) in [5.41, 5.74) is 1.11. The van der Waals surface area contributed by atoms with Crippen molar-refractivity contribution in [2.75, 3.05) is 5.01 Å². The lowest BCUT2D eigenvalue weighted by Crippen LogP contribution is -2.23. The molecule has 0 atom stereocenters. The number of benzene rings is 1. The van der Waals surface area contributed by atoms with E-state index in [1.165, 1.54) is 11.9 Å². The van der Waals surface area contributed by atoms with Gasteiger partial charge in [-0.15, -0.1) is 0 Å². The van der Waals surface area contributed by atoms with Crippen molar-refractivity contribution in [1.29, 1.82) is 0 Å². The van der Waals surface area contributed by atoms with Crippen molar-refractivity contribution in [2.24, 2.45) is 0 Å². The van der Waals surface area contributed by atoms with Gasteiger partial charge in [0.25, 0.3) is 0 Å². The van der Waals surface area contributed by atoms with E-state index in [-0.39, 0.29) is 0 Å². The molecule has 0 fully saturated rings. The first-order valence-corrected chi connectivity index (χ1v) is 4.19. The van der Waals surface area contributed by atoms with E-state index in [1.54, 1.807) is 0 Å². The lowest BCUT2D eigenvalue weighted by molar-refractivity contribution is 0.985. The Kier molecular flexibility index (Phi) is 1.83. The van der Waals surface area contributed by atoms with Gasteiger partial charge in [-0.2, -0.15) is 4.83 Å². The fourth-order valence-corrected chi connectivity index (χ4v) is 1.36. The van der Waals surface area contributed by atoms with Crippen LogP contribution in [0.2, 0.25) is 0 Å². The minimum Gasteiger partial charge on any atom is -0.264 e. The van der Waals surface area contributed by atoms with Crippen LogP contribution in [-0.2, 0) is 0 Å². The molecule has 1 aromatic carbocycles. The number of para-hydroxylation sites is 1. The molecule has 1 N–H and O–H groups in total. The highest BCUT2D eigenvalue weighted by Gasteiger charge is 2.05. The quantitative estimate of drug-likeness (QED) is 0.637. The number of anilines is 1. The third-order valence-corrected chi connectivity index (χ3v) is 1.91. The van der Waals surface area contributed by atoms with Crippen molar-refractivity contribution in [3.8, 4) is 0 Å². The third kappa shape index (κ3) is 1.39. The topological polar surface area (TPSA) is 15.3 Å². The molecule has 0 amide bonds. The van der Waals surface area contributed by atoms with Crippen molar-refractivity contribution in [3.05, 3.63) is 41.9 Å². The Hall–Kier alpha value is -0.930. The highest BCUT2D eigenvalue weighted by atomic mass is 32.2. The van der Waals surface area contributed by atoms with Crippen LogP contribution >= 0.6 is 11.9 Å². The fourth-order valence-electron chi connectivity index (χ4n) is 0.889. The summed E-state index contributed by atoms with van der Waals surface area (Å²) in [7, 11) is 0. The molecule has 0 spiro atoms. The third-order valence-electron chi connectivity index (χ3n) is 1.40. The molecule has 2 rings (SSSR count). The molecule has 1 aromatic rings. The van der Waals surface area contributed by atoms with Crippen LogP contribution in [0.15, 0.2) is 35.7 Å². The maximum atomic E-state index is 3.06. The molecule has 11 heavy (non-hydrogen) atoms. The summed E-state index contributed by atoms with van der Waals surface area (Å²) in [6.07, 6.45) is 3.03. The zero-order valence-corrected chi connectivity index (χ0v) is 6.64. The highest BCUT2D eigenvalue weighted by molar-refractivity contribution is 8.00. The van der Waals surface area contributed by atoms with E-state index in [9.17, 15) is 0 Å². The van der Waals surface area contributed by atoms with Gasteiger partial charge >= 0.3 is 0 Å². The number of hydrogen-bond acceptors (Lipinski definition) is 3. The van der Waals surface area contributed by atoms with E-state index in [4.69, 9.17) is 0 Å². The lowest BCUT2D eigenvalue weighted by Gasteiger charge is -2.12. The van der Waals surface area contributed by atoms with E-state index in [2.05, 4.69) is 11.0 Å². The summed E-state index contributed by atoms with van der Waals surface area (Å²) >= 11 is 1.52. The van der Waals surface area contributed by atoms with E-state index in [1.807, 2.05) is 40.7 Å². The molecule has 0 saturated carbocycles. The summed E-state index contributed by atoms with van der Waals surface area (Å²) in [5.74, 6) is 0. The van der Waals surface area contributed by atoms with Gasteiger partial charge in [-0.25, -0.2) is 0 Å². The monoisotopic (exact) mass is 163 g/mol. The number of nitrogens with zero attached hydrogens (tertiary/aromatic N) is 1. The van der Waals surface area contributed by atoms with Gasteiger partial charge in [-0.05, 0) is 24.1 Å². The first kappa shape index (κ1) is 6.76. The van der Waals surface area contributed by atoms with Crippen LogP contribution < -0.4 is 9.84 Å². The lowest BCUT2D eigenvalue weighted by atomic mass is 10.3. The second kappa shape index (κ2) is 2.98. The molecule has 1 heterocycles. The molecule has 1 radical (unpaired) electrons. The molecule has 3 heteroatoms. The Bertz CT molecular complexity index is 258. The molecule has 0 saturated heterocycles. The molecule has 1 aliphatic rings. The van der Waals surface area contributed by atoms with Crippen molar-refractivity contribution in [3.63, 3.8) is 0 Å². The molecule has 2 nitrogen and oxygen atoms in total. The summed E-state index contributed by atoms with van der Waals surface area (Å²) in [6, 6.07) is 10.1. The minimum absolute atomic E-state index is 1.11. The zero-order chi connectivity index (χ0) is 7.52. The summed E-state index contributed by atoms with van der Waals surface area (Å²) in [6.45, 7) is 0. The second-order valence-electron chi connectivity index (χ2n) is 2.13. The maximum Gasteiger partial charge on any atom is 0.0921 e. The predicted octanol–water partition coefficient (Wildman–Crippen LogP) is 1.93. The molecule has 0 aromatic heterocycles. The van der Waals surface area contributed by atoms with Gasteiger partial charge in [0, 0.05) is 5.41 Å². The molecule has 1 aliphatic heterocycles. The smallest absolute Gasteiger partial charge is 0.0921 e. The van der Waals surface area contributed by atoms with Gasteiger partial charge in [-0.3, -0.25) is 5.01 Å². The van der Waals surface area contributed by atoms with Crippen molar-refractivity contribution < 1.29 is 0 Å². The second-order valence-corrected chi connectivity index (χ2v) is 2.78. The van der Waals surface area contributed by atoms with Crippen molar-refractivity contribution >= 4 is 17.6 Å². The number of rotatable bonds is 1. The Balaban J connectivity index is 2.23. The SMILES string of the molecule is [C]1=CSNN1c1ccccc1. The standard InChI is InChI=1S/C8H7N2S/c1-2-4-8(5-3-1)10-6-7-11-9-10/h1-5,7,9H. The normalized spacial score (nSPS) is 15.8. The van der Waals surface area contributed by atoms with Gasteiger partial charge in [0.2, 0.25) is 0 Å². The van der Waals surface area contributed by atoms with Crippen LogP contribution in [0, 0.1) is 6.20 Å². The van der Waals surface area contributed by atoms with Gasteiger partial charge in [0.15, 0.2) is 0 Å². The van der Waals surface area contributed by atoms with Crippen LogP contribution in [0.4, 0.5) is 5.69 Å². The summed E-state index contributed by atoms with van der Waals surface area (Å²) < 4.78 is 0. The fraction of sp³-hybridized carbons (Fsp3) is 0. The summed E-state index contributed by atoms with van der Waals surface area (Å²) in [5, 5.41) is 3.73.